The Kier molecular flexibility index (Phi) is 4.01. The van der Waals surface area contributed by atoms with Gasteiger partial charge in [-0.05, 0) is 49.8 Å². The Morgan fingerprint density at radius 3 is 2.78 bits per heavy atom. The van der Waals surface area contributed by atoms with E-state index in [1.165, 1.54) is 4.63 Å². The molecule has 0 saturated carbocycles. The second kappa shape index (κ2) is 5.98. The Balaban J connectivity index is 1.67. The molecule has 124 valence electrons. The summed E-state index contributed by atoms with van der Waals surface area (Å²) in [7, 11) is 0. The number of tetrazole rings is 1. The molecule has 1 saturated heterocycles. The van der Waals surface area contributed by atoms with Gasteiger partial charge < -0.3 is 14.5 Å². The number of nitrogens with zero attached hydrogens (tertiary/aromatic N) is 7. The average molecular weight is 319 g/mol. The molecule has 1 aliphatic rings. The molecular weight excluding hydrogens is 298 g/mol. The summed E-state index contributed by atoms with van der Waals surface area (Å²) in [6.45, 7) is 8.42. The first-order valence-corrected chi connectivity index (χ1v) is 7.71. The maximum atomic E-state index is 12.2. The van der Waals surface area contributed by atoms with Crippen molar-refractivity contribution in [1.29, 1.82) is 0 Å². The molecule has 0 aromatic carbocycles. The number of rotatable bonds is 1. The number of carbonyl (C=O) groups excluding carboxylic acids is 1. The van der Waals surface area contributed by atoms with Gasteiger partial charge in [0, 0.05) is 26.2 Å². The van der Waals surface area contributed by atoms with Gasteiger partial charge in [0.15, 0.2) is 11.5 Å². The summed E-state index contributed by atoms with van der Waals surface area (Å²) in [6, 6.07) is 3.73. The number of hydrogen-bond acceptors (Lipinski definition) is 7. The molecule has 0 bridgehead atoms. The van der Waals surface area contributed by atoms with Gasteiger partial charge in [-0.2, -0.15) is 0 Å². The highest BCUT2D eigenvalue weighted by Crippen LogP contribution is 2.16. The highest BCUT2D eigenvalue weighted by Gasteiger charge is 2.25. The SMILES string of the molecule is CC(C)(C)OC(=O)N1CCCN(c2ccc3nnnn3n2)CC1. The van der Waals surface area contributed by atoms with Gasteiger partial charge in [0.05, 0.1) is 0 Å². The fourth-order valence-electron chi connectivity index (χ4n) is 2.46. The standard InChI is InChI=1S/C14H21N7O2/c1-14(2,3)23-13(22)20-8-4-7-19(9-10-20)12-6-5-11-15-17-18-21(11)16-12/h5-6H,4,7-10H2,1-3H3. The van der Waals surface area contributed by atoms with Crippen molar-refractivity contribution in [3.63, 3.8) is 0 Å². The molecule has 0 unspecified atom stereocenters. The van der Waals surface area contributed by atoms with E-state index >= 15 is 0 Å². The van der Waals surface area contributed by atoms with E-state index in [-0.39, 0.29) is 6.09 Å². The molecule has 0 atom stereocenters. The molecule has 0 radical (unpaired) electrons. The highest BCUT2D eigenvalue weighted by atomic mass is 16.6. The first-order valence-electron chi connectivity index (χ1n) is 7.71. The number of hydrogen-bond donors (Lipinski definition) is 0. The van der Waals surface area contributed by atoms with Crippen LogP contribution in [0.5, 0.6) is 0 Å². The van der Waals surface area contributed by atoms with E-state index < -0.39 is 5.60 Å². The maximum absolute atomic E-state index is 12.2. The molecule has 0 aliphatic carbocycles. The van der Waals surface area contributed by atoms with Gasteiger partial charge in [-0.1, -0.05) is 0 Å². The summed E-state index contributed by atoms with van der Waals surface area (Å²) in [4.78, 5) is 16.1. The number of anilines is 1. The van der Waals surface area contributed by atoms with E-state index in [1.807, 2.05) is 32.9 Å². The van der Waals surface area contributed by atoms with E-state index in [0.29, 0.717) is 25.3 Å². The number of fused-ring (bicyclic) bond motifs is 1. The van der Waals surface area contributed by atoms with Crippen molar-refractivity contribution in [2.45, 2.75) is 32.8 Å². The van der Waals surface area contributed by atoms with Crippen molar-refractivity contribution in [2.75, 3.05) is 31.1 Å². The Morgan fingerprint density at radius 2 is 2.00 bits per heavy atom. The predicted molar refractivity (Wildman–Crippen MR) is 83.2 cm³/mol. The van der Waals surface area contributed by atoms with Crippen LogP contribution in [0.1, 0.15) is 27.2 Å². The smallest absolute Gasteiger partial charge is 0.410 e. The highest BCUT2D eigenvalue weighted by molar-refractivity contribution is 5.68. The zero-order valence-electron chi connectivity index (χ0n) is 13.6. The Bertz CT molecular complexity index is 694. The largest absolute Gasteiger partial charge is 0.444 e. The Labute approximate surface area is 134 Å². The Hall–Kier alpha value is -2.45. The van der Waals surface area contributed by atoms with Gasteiger partial charge in [0.25, 0.3) is 0 Å². The van der Waals surface area contributed by atoms with Gasteiger partial charge in [-0.15, -0.1) is 14.8 Å². The summed E-state index contributed by atoms with van der Waals surface area (Å²) in [6.07, 6.45) is 0.595. The molecule has 23 heavy (non-hydrogen) atoms. The first kappa shape index (κ1) is 15.4. The van der Waals surface area contributed by atoms with Crippen molar-refractivity contribution >= 4 is 17.6 Å². The second-order valence-electron chi connectivity index (χ2n) is 6.53. The normalized spacial score (nSPS) is 16.5. The third-order valence-corrected chi connectivity index (χ3v) is 3.53. The molecule has 0 N–H and O–H groups in total. The van der Waals surface area contributed by atoms with Crippen molar-refractivity contribution in [3.8, 4) is 0 Å². The van der Waals surface area contributed by atoms with Crippen LogP contribution in [0.25, 0.3) is 5.65 Å². The number of carbonyl (C=O) groups is 1. The van der Waals surface area contributed by atoms with Crippen LogP contribution in [-0.4, -0.2) is 68.0 Å². The van der Waals surface area contributed by atoms with Gasteiger partial charge in [0.2, 0.25) is 0 Å². The second-order valence-corrected chi connectivity index (χ2v) is 6.53. The van der Waals surface area contributed by atoms with E-state index in [0.717, 1.165) is 18.8 Å². The van der Waals surface area contributed by atoms with E-state index in [4.69, 9.17) is 4.74 Å². The number of amides is 1. The lowest BCUT2D eigenvalue weighted by atomic mass is 10.2. The van der Waals surface area contributed by atoms with Crippen molar-refractivity contribution < 1.29 is 9.53 Å². The van der Waals surface area contributed by atoms with E-state index in [2.05, 4.69) is 25.5 Å². The van der Waals surface area contributed by atoms with Crippen LogP contribution in [0, 0.1) is 0 Å². The van der Waals surface area contributed by atoms with Crippen LogP contribution >= 0.6 is 0 Å². The van der Waals surface area contributed by atoms with Gasteiger partial charge in [-0.25, -0.2) is 4.79 Å². The minimum atomic E-state index is -0.476. The molecule has 1 aliphatic heterocycles. The minimum Gasteiger partial charge on any atom is -0.444 e. The molecule has 9 heteroatoms. The topological polar surface area (TPSA) is 88.8 Å². The van der Waals surface area contributed by atoms with Crippen LogP contribution in [-0.2, 0) is 4.74 Å². The summed E-state index contributed by atoms with van der Waals surface area (Å²) in [5.74, 6) is 0.802. The lowest BCUT2D eigenvalue weighted by Crippen LogP contribution is -2.39. The lowest BCUT2D eigenvalue weighted by Gasteiger charge is -2.26. The summed E-state index contributed by atoms with van der Waals surface area (Å²) >= 11 is 0. The van der Waals surface area contributed by atoms with Crippen LogP contribution in [0.4, 0.5) is 10.6 Å². The molecule has 1 amide bonds. The van der Waals surface area contributed by atoms with Gasteiger partial charge in [0.1, 0.15) is 5.60 Å². The van der Waals surface area contributed by atoms with E-state index in [1.54, 1.807) is 4.90 Å². The van der Waals surface area contributed by atoms with Crippen LogP contribution < -0.4 is 4.90 Å². The summed E-state index contributed by atoms with van der Waals surface area (Å²) < 4.78 is 6.85. The van der Waals surface area contributed by atoms with E-state index in [9.17, 15) is 4.79 Å². The molecule has 1 fully saturated rings. The van der Waals surface area contributed by atoms with Gasteiger partial charge in [-0.3, -0.25) is 0 Å². The fourth-order valence-corrected chi connectivity index (χ4v) is 2.46. The third kappa shape index (κ3) is 3.66. The average Bonchev–Trinajstić information content (AvgIpc) is 2.79. The zero-order valence-corrected chi connectivity index (χ0v) is 13.6. The van der Waals surface area contributed by atoms with Crippen molar-refractivity contribution in [2.24, 2.45) is 0 Å². The Morgan fingerprint density at radius 1 is 1.17 bits per heavy atom. The predicted octanol–water partition coefficient (Wildman–Crippen LogP) is 0.966. The molecule has 3 heterocycles. The molecule has 9 nitrogen and oxygen atoms in total. The third-order valence-electron chi connectivity index (χ3n) is 3.53. The van der Waals surface area contributed by atoms with Gasteiger partial charge >= 0.3 is 6.09 Å². The van der Waals surface area contributed by atoms with Crippen molar-refractivity contribution in [1.82, 2.24) is 30.2 Å². The van der Waals surface area contributed by atoms with Crippen LogP contribution in [0.3, 0.4) is 0 Å². The quantitative estimate of drug-likeness (QED) is 0.773. The molecule has 2 aromatic rings. The van der Waals surface area contributed by atoms with Crippen LogP contribution in [0.15, 0.2) is 12.1 Å². The molecular formula is C14H21N7O2. The number of aromatic nitrogens is 5. The lowest BCUT2D eigenvalue weighted by molar-refractivity contribution is 0.0263. The summed E-state index contributed by atoms with van der Waals surface area (Å²) in [5, 5.41) is 15.6. The van der Waals surface area contributed by atoms with Crippen LogP contribution in [0.2, 0.25) is 0 Å². The molecule has 0 spiro atoms. The maximum Gasteiger partial charge on any atom is 0.410 e. The number of ether oxygens (including phenoxy) is 1. The summed E-state index contributed by atoms with van der Waals surface area (Å²) in [5.41, 5.74) is 0.134. The zero-order chi connectivity index (χ0) is 16.4. The monoisotopic (exact) mass is 319 g/mol. The molecule has 2 aromatic heterocycles. The minimum absolute atomic E-state index is 0.261. The fraction of sp³-hybridized carbons (Fsp3) is 0.643. The molecule has 3 rings (SSSR count). The first-order chi connectivity index (χ1) is 10.9. The van der Waals surface area contributed by atoms with Crippen molar-refractivity contribution in [3.05, 3.63) is 12.1 Å².